The van der Waals surface area contributed by atoms with Crippen molar-refractivity contribution in [2.45, 2.75) is 20.8 Å². The van der Waals surface area contributed by atoms with E-state index >= 15 is 0 Å². The van der Waals surface area contributed by atoms with Crippen molar-refractivity contribution in [3.8, 4) is 5.75 Å². The Labute approximate surface area is 134 Å². The highest BCUT2D eigenvalue weighted by Gasteiger charge is 2.12. The lowest BCUT2D eigenvalue weighted by Crippen LogP contribution is -2.20. The number of nitro benzene ring substituents is 1. The summed E-state index contributed by atoms with van der Waals surface area (Å²) in [7, 11) is 0. The molecule has 0 aliphatic heterocycles. The van der Waals surface area contributed by atoms with Crippen molar-refractivity contribution in [3.05, 3.63) is 63.2 Å². The zero-order chi connectivity index (χ0) is 17.0. The van der Waals surface area contributed by atoms with E-state index < -0.39 is 4.92 Å². The second-order valence-electron chi connectivity index (χ2n) is 5.34. The van der Waals surface area contributed by atoms with Gasteiger partial charge < -0.3 is 10.1 Å². The minimum atomic E-state index is -0.476. The predicted octanol–water partition coefficient (Wildman–Crippen LogP) is 3.54. The summed E-state index contributed by atoms with van der Waals surface area (Å²) in [5, 5.41) is 13.5. The number of aryl methyl sites for hydroxylation is 3. The van der Waals surface area contributed by atoms with Gasteiger partial charge in [-0.1, -0.05) is 12.1 Å². The third-order valence-electron chi connectivity index (χ3n) is 3.54. The molecule has 0 saturated carbocycles. The van der Waals surface area contributed by atoms with Crippen LogP contribution in [0, 0.1) is 30.9 Å². The van der Waals surface area contributed by atoms with Crippen LogP contribution in [0.4, 0.5) is 11.4 Å². The molecule has 23 heavy (non-hydrogen) atoms. The lowest BCUT2D eigenvalue weighted by molar-refractivity contribution is -0.385. The van der Waals surface area contributed by atoms with Gasteiger partial charge in [-0.15, -0.1) is 0 Å². The SMILES string of the molecule is Cc1ccc(OCC(=O)Nc2ccc(C)c([N+](=O)[O-])c2)cc1C. The van der Waals surface area contributed by atoms with Crippen LogP contribution in [0.3, 0.4) is 0 Å². The van der Waals surface area contributed by atoms with Crippen molar-refractivity contribution in [1.29, 1.82) is 0 Å². The average molecular weight is 314 g/mol. The van der Waals surface area contributed by atoms with E-state index in [9.17, 15) is 14.9 Å². The zero-order valence-corrected chi connectivity index (χ0v) is 13.3. The van der Waals surface area contributed by atoms with Crippen molar-refractivity contribution in [3.63, 3.8) is 0 Å². The molecule has 0 aliphatic rings. The number of hydrogen-bond acceptors (Lipinski definition) is 4. The first-order chi connectivity index (χ1) is 10.9. The highest BCUT2D eigenvalue weighted by Crippen LogP contribution is 2.22. The van der Waals surface area contributed by atoms with Crippen LogP contribution in [0.2, 0.25) is 0 Å². The molecule has 0 saturated heterocycles. The largest absolute Gasteiger partial charge is 0.484 e. The van der Waals surface area contributed by atoms with E-state index in [1.54, 1.807) is 25.1 Å². The smallest absolute Gasteiger partial charge is 0.274 e. The summed E-state index contributed by atoms with van der Waals surface area (Å²) < 4.78 is 5.43. The number of carbonyl (C=O) groups excluding carboxylic acids is 1. The van der Waals surface area contributed by atoms with E-state index in [1.165, 1.54) is 6.07 Å². The Morgan fingerprint density at radius 1 is 1.09 bits per heavy atom. The number of anilines is 1. The molecular formula is C17H18N2O4. The van der Waals surface area contributed by atoms with Crippen molar-refractivity contribution in [1.82, 2.24) is 0 Å². The van der Waals surface area contributed by atoms with Crippen LogP contribution in [-0.4, -0.2) is 17.4 Å². The Hall–Kier alpha value is -2.89. The van der Waals surface area contributed by atoms with Gasteiger partial charge in [0.25, 0.3) is 11.6 Å². The van der Waals surface area contributed by atoms with E-state index in [0.717, 1.165) is 11.1 Å². The molecule has 0 aliphatic carbocycles. The molecule has 1 amide bonds. The molecule has 1 N–H and O–H groups in total. The minimum absolute atomic E-state index is 0.0297. The van der Waals surface area contributed by atoms with E-state index in [4.69, 9.17) is 4.74 Å². The first-order valence-corrected chi connectivity index (χ1v) is 7.12. The number of carbonyl (C=O) groups is 1. The summed E-state index contributed by atoms with van der Waals surface area (Å²) in [6.07, 6.45) is 0. The van der Waals surface area contributed by atoms with Gasteiger partial charge in [-0.25, -0.2) is 0 Å². The Bertz CT molecular complexity index is 756. The zero-order valence-electron chi connectivity index (χ0n) is 13.3. The maximum Gasteiger partial charge on any atom is 0.274 e. The molecule has 2 aromatic carbocycles. The maximum absolute atomic E-state index is 11.9. The molecule has 0 aromatic heterocycles. The quantitative estimate of drug-likeness (QED) is 0.676. The fraction of sp³-hybridized carbons (Fsp3) is 0.235. The fourth-order valence-corrected chi connectivity index (χ4v) is 2.03. The number of nitrogens with zero attached hydrogens (tertiary/aromatic N) is 1. The summed E-state index contributed by atoms with van der Waals surface area (Å²) in [6.45, 7) is 5.45. The first-order valence-electron chi connectivity index (χ1n) is 7.12. The molecule has 0 atom stereocenters. The Balaban J connectivity index is 1.98. The third-order valence-corrected chi connectivity index (χ3v) is 3.54. The second-order valence-corrected chi connectivity index (χ2v) is 5.34. The molecule has 0 heterocycles. The molecule has 6 nitrogen and oxygen atoms in total. The van der Waals surface area contributed by atoms with Crippen LogP contribution >= 0.6 is 0 Å². The predicted molar refractivity (Wildman–Crippen MR) is 87.9 cm³/mol. The van der Waals surface area contributed by atoms with E-state index in [1.807, 2.05) is 26.0 Å². The summed E-state index contributed by atoms with van der Waals surface area (Å²) in [4.78, 5) is 22.3. The highest BCUT2D eigenvalue weighted by molar-refractivity contribution is 5.92. The number of hydrogen-bond donors (Lipinski definition) is 1. The molecular weight excluding hydrogens is 296 g/mol. The standard InChI is InChI=1S/C17H18N2O4/c1-11-5-7-15(8-13(11)3)23-10-17(20)18-14-6-4-12(2)16(9-14)19(21)22/h4-9H,10H2,1-3H3,(H,18,20). The van der Waals surface area contributed by atoms with Crippen molar-refractivity contribution in [2.75, 3.05) is 11.9 Å². The van der Waals surface area contributed by atoms with Crippen molar-refractivity contribution >= 4 is 17.3 Å². The van der Waals surface area contributed by atoms with Crippen molar-refractivity contribution in [2.24, 2.45) is 0 Å². The summed E-state index contributed by atoms with van der Waals surface area (Å²) in [5.41, 5.74) is 3.11. The van der Waals surface area contributed by atoms with Gasteiger partial charge >= 0.3 is 0 Å². The molecule has 2 aromatic rings. The van der Waals surface area contributed by atoms with Gasteiger partial charge in [-0.3, -0.25) is 14.9 Å². The van der Waals surface area contributed by atoms with E-state index in [0.29, 0.717) is 17.0 Å². The van der Waals surface area contributed by atoms with E-state index in [2.05, 4.69) is 5.32 Å². The van der Waals surface area contributed by atoms with Crippen LogP contribution in [-0.2, 0) is 4.79 Å². The fourth-order valence-electron chi connectivity index (χ4n) is 2.03. The molecule has 0 spiro atoms. The Kier molecular flexibility index (Phi) is 4.95. The lowest BCUT2D eigenvalue weighted by atomic mass is 10.1. The van der Waals surface area contributed by atoms with Gasteiger partial charge in [-0.05, 0) is 50.1 Å². The van der Waals surface area contributed by atoms with Crippen LogP contribution in [0.15, 0.2) is 36.4 Å². The molecule has 6 heteroatoms. The Morgan fingerprint density at radius 3 is 2.43 bits per heavy atom. The minimum Gasteiger partial charge on any atom is -0.484 e. The van der Waals surface area contributed by atoms with Gasteiger partial charge in [0.2, 0.25) is 0 Å². The topological polar surface area (TPSA) is 81.5 Å². The molecule has 0 radical (unpaired) electrons. The normalized spacial score (nSPS) is 10.2. The van der Waals surface area contributed by atoms with Crippen LogP contribution < -0.4 is 10.1 Å². The number of benzene rings is 2. The summed E-state index contributed by atoms with van der Waals surface area (Å²) in [6, 6.07) is 10.1. The number of nitro groups is 1. The first kappa shape index (κ1) is 16.5. The van der Waals surface area contributed by atoms with Gasteiger partial charge in [0.15, 0.2) is 6.61 Å². The number of rotatable bonds is 5. The molecule has 0 bridgehead atoms. The summed E-state index contributed by atoms with van der Waals surface area (Å²) >= 11 is 0. The van der Waals surface area contributed by atoms with Crippen molar-refractivity contribution < 1.29 is 14.5 Å². The monoisotopic (exact) mass is 314 g/mol. The molecule has 0 unspecified atom stereocenters. The van der Waals surface area contributed by atoms with Crippen LogP contribution in [0.1, 0.15) is 16.7 Å². The van der Waals surface area contributed by atoms with Gasteiger partial charge in [-0.2, -0.15) is 0 Å². The third kappa shape index (κ3) is 4.29. The molecule has 2 rings (SSSR count). The number of nitrogens with one attached hydrogen (secondary N) is 1. The number of amides is 1. The van der Waals surface area contributed by atoms with Gasteiger partial charge in [0.1, 0.15) is 5.75 Å². The Morgan fingerprint density at radius 2 is 1.78 bits per heavy atom. The average Bonchev–Trinajstić information content (AvgIpc) is 2.50. The van der Waals surface area contributed by atoms with Gasteiger partial charge in [0, 0.05) is 17.3 Å². The molecule has 0 fully saturated rings. The van der Waals surface area contributed by atoms with Crippen LogP contribution in [0.5, 0.6) is 5.75 Å². The van der Waals surface area contributed by atoms with Gasteiger partial charge in [0.05, 0.1) is 4.92 Å². The number of ether oxygens (including phenoxy) is 1. The van der Waals surface area contributed by atoms with Crippen LogP contribution in [0.25, 0.3) is 0 Å². The molecule has 120 valence electrons. The second kappa shape index (κ2) is 6.91. The van der Waals surface area contributed by atoms with E-state index in [-0.39, 0.29) is 18.2 Å². The lowest BCUT2D eigenvalue weighted by Gasteiger charge is -2.09. The maximum atomic E-state index is 11.9. The summed E-state index contributed by atoms with van der Waals surface area (Å²) in [5.74, 6) is 0.236. The highest BCUT2D eigenvalue weighted by atomic mass is 16.6.